The molecule has 1 saturated heterocycles. The van der Waals surface area contributed by atoms with Gasteiger partial charge in [-0.25, -0.2) is 42.4 Å². The van der Waals surface area contributed by atoms with Crippen LogP contribution < -0.4 is 67.5 Å². The van der Waals surface area contributed by atoms with Crippen LogP contribution in [0.25, 0.3) is 28.3 Å². The number of para-hydroxylation sites is 1. The van der Waals surface area contributed by atoms with Crippen molar-refractivity contribution in [2.24, 2.45) is 7.05 Å². The Morgan fingerprint density at radius 2 is 0.959 bits per heavy atom. The van der Waals surface area contributed by atoms with Crippen molar-refractivity contribution in [3.8, 4) is 28.4 Å². The highest BCUT2D eigenvalue weighted by atomic mass is 32.2. The zero-order chi connectivity index (χ0) is 106. The Balaban J connectivity index is 0.000000282. The zero-order valence-electron chi connectivity index (χ0n) is 88.0. The zero-order valence-corrected chi connectivity index (χ0v) is 88.8. The fourth-order valence-electron chi connectivity index (χ4n) is 13.6. The van der Waals surface area contributed by atoms with Gasteiger partial charge >= 0.3 is 11.9 Å². The summed E-state index contributed by atoms with van der Waals surface area (Å²) in [5, 5.41) is 34.4. The van der Waals surface area contributed by atoms with Crippen molar-refractivity contribution in [3.05, 3.63) is 372 Å². The van der Waals surface area contributed by atoms with Gasteiger partial charge in [-0.2, -0.15) is 5.10 Å². The van der Waals surface area contributed by atoms with E-state index in [1.54, 1.807) is 88.5 Å². The number of Topliss-reactive ketones (excluding diaryl/α,β-unsaturated/α-hetero) is 1. The summed E-state index contributed by atoms with van der Waals surface area (Å²) >= 11 is 0. The van der Waals surface area contributed by atoms with Gasteiger partial charge in [0.2, 0.25) is 15.9 Å². The highest BCUT2D eigenvalue weighted by Crippen LogP contribution is 2.34. The van der Waals surface area contributed by atoms with Crippen molar-refractivity contribution in [2.45, 2.75) is 91.9 Å². The van der Waals surface area contributed by atoms with Gasteiger partial charge in [0.25, 0.3) is 5.91 Å². The number of piperidine rings is 1. The number of nitrogens with one attached hydrogen (secondary N) is 11. The van der Waals surface area contributed by atoms with Crippen LogP contribution in [0.4, 0.5) is 56.9 Å². The highest BCUT2D eigenvalue weighted by molar-refractivity contribution is 7.89. The van der Waals surface area contributed by atoms with Gasteiger partial charge in [-0.05, 0) is 251 Å². The molecule has 4 heterocycles. The molecule has 0 bridgehead atoms. The second kappa shape index (κ2) is 66.5. The second-order valence-corrected chi connectivity index (χ2v) is 33.9. The minimum atomic E-state index is -3.33. The number of methoxy groups -OCH3 is 2. The number of aromatic nitrogens is 6. The standard InChI is InChI=1S/C13H18N2O2.C13H14N2.C12H13N3.2C11H14O2.C10H12N4.C10H14N2O.C10H14N2.C9H14N2O2S.C9H11NO.C7H9N/c1-14-10-6-7-11(12(9-10)17-2)15-8-4-3-5-13(15)16;1-14-13-4-2-3-12(10-13)9-11-5-7-15-8-6-11;1-9-14-7-6-12(15-9)10-4-3-5-11(8-10)13-2;1-4-9-5-8(2)6-10(7-9)11(12)13-3;1-3-9-6-5-7-10(8-9)11(12)13-4-2;1-11-9-5-3-4-8(6-9)10-12-7-13-14(10)2;1-11-9-6-4-5-8(7-9)10(13)12(2)3;1-8(11-2)9-5-4-6-10(7-9)12-3;1-3-11-14(12,13)9-6-4-5-8(7-9)10-2;1-7(11)8-4-3-5-9(6-8)10-2;1-8-7-5-3-2-4-6-7/h6-7,9,14H,3-5,8H2,1-2H3;2-8,10,14H,9H2,1H3;3-8,13H,1-2H3;5-7H,4H2,1-3H3;5-8H,3-4H2,1-2H3;3-7,11H,1-2H3;4-7,11H,1-3H3;4-7,11-12H,1H2,2-3H3;4-7,10-11H,3H2,1-2H3;3-6,10H,1-2H3;2-6,8H,1H3. The molecule has 15 rings (SSSR count). The SMILES string of the molecule is C=C(NC)c1cccc(NC)c1.CCNS(=O)(=O)c1cccc(NC)c1.CCOC(=O)c1cccc(CC)c1.CCc1cc(C)cc(C(=O)OC)c1.CNc1ccc(N2CCCCC2=O)c(OC)c1.CNc1cccc(-c2ccnc(C)n2)c1.CNc1cccc(-c2ncnn2C)c1.CNc1cccc(C(=O)N(C)C)c1.CNc1cccc(C(C)=O)c1.CNc1cccc(Cc2ccncc2)c1.CNc1ccccc1. The number of ketones is 1. The molecule has 11 N–H and O–H groups in total. The van der Waals surface area contributed by atoms with Crippen molar-refractivity contribution in [1.82, 2.24) is 44.7 Å². The van der Waals surface area contributed by atoms with Crippen molar-refractivity contribution in [3.63, 3.8) is 0 Å². The third-order valence-corrected chi connectivity index (χ3v) is 23.1. The topological polar surface area (TPSA) is 355 Å². The van der Waals surface area contributed by atoms with E-state index in [1.165, 1.54) is 23.8 Å². The third-order valence-electron chi connectivity index (χ3n) is 21.6. The van der Waals surface area contributed by atoms with Gasteiger partial charge in [0.05, 0.1) is 48.2 Å². The van der Waals surface area contributed by atoms with E-state index in [4.69, 9.17) is 9.47 Å². The van der Waals surface area contributed by atoms with E-state index in [2.05, 4.69) is 151 Å². The van der Waals surface area contributed by atoms with Crippen molar-refractivity contribution in [1.29, 1.82) is 0 Å². The van der Waals surface area contributed by atoms with Gasteiger partial charge in [-0.1, -0.05) is 142 Å². The number of anilines is 10. The Bertz CT molecular complexity index is 6390. The lowest BCUT2D eigenvalue weighted by molar-refractivity contribution is -0.119. The van der Waals surface area contributed by atoms with Crippen LogP contribution in [0.2, 0.25) is 0 Å². The molecule has 29 nitrogen and oxygen atoms in total. The number of benzene rings is 11. The molecule has 1 aliphatic heterocycles. The lowest BCUT2D eigenvalue weighted by Gasteiger charge is -2.28. The Kier molecular flexibility index (Phi) is 54.7. The summed E-state index contributed by atoms with van der Waals surface area (Å²) in [6.07, 6.45) is 12.5. The number of hydrogen-bond acceptors (Lipinski definition) is 25. The minimum Gasteiger partial charge on any atom is -0.494 e. The summed E-state index contributed by atoms with van der Waals surface area (Å²) in [7, 11) is 23.8. The molecule has 11 aromatic carbocycles. The molecule has 768 valence electrons. The molecule has 0 spiro atoms. The maximum Gasteiger partial charge on any atom is 0.338 e. The van der Waals surface area contributed by atoms with Gasteiger partial charge in [-0.3, -0.25) is 19.4 Å². The summed E-state index contributed by atoms with van der Waals surface area (Å²) in [5.74, 6) is 2.22. The Morgan fingerprint density at radius 1 is 0.462 bits per heavy atom. The quantitative estimate of drug-likeness (QED) is 0.0168. The summed E-state index contributed by atoms with van der Waals surface area (Å²) in [6, 6.07) is 89.5. The van der Waals surface area contributed by atoms with Crippen LogP contribution in [-0.2, 0) is 50.6 Å². The monoisotopic (exact) mass is 1990 g/mol. The van der Waals surface area contributed by atoms with E-state index in [0.717, 1.165) is 158 Å². The number of hydrogen-bond donors (Lipinski definition) is 11. The van der Waals surface area contributed by atoms with Crippen LogP contribution in [0, 0.1) is 13.8 Å². The largest absolute Gasteiger partial charge is 0.494 e. The molecule has 3 aromatic heterocycles. The van der Waals surface area contributed by atoms with E-state index >= 15 is 0 Å². The molecule has 14 aromatic rings. The minimum absolute atomic E-state index is 0.0251. The van der Waals surface area contributed by atoms with Gasteiger partial charge < -0.3 is 77.2 Å². The highest BCUT2D eigenvalue weighted by Gasteiger charge is 2.23. The summed E-state index contributed by atoms with van der Waals surface area (Å²) in [6.45, 7) is 18.6. The Morgan fingerprint density at radius 3 is 1.48 bits per heavy atom. The molecule has 145 heavy (non-hydrogen) atoms. The van der Waals surface area contributed by atoms with E-state index in [0.29, 0.717) is 36.3 Å². The molecule has 2 amide bonds. The first kappa shape index (κ1) is 119. The normalized spacial score (nSPS) is 10.5. The number of rotatable bonds is 27. The number of aryl methyl sites for hydroxylation is 5. The molecule has 0 saturated carbocycles. The van der Waals surface area contributed by atoms with Crippen molar-refractivity contribution >= 4 is 102 Å². The lowest BCUT2D eigenvalue weighted by Crippen LogP contribution is -2.35. The fourth-order valence-corrected chi connectivity index (χ4v) is 14.7. The van der Waals surface area contributed by atoms with Crippen LogP contribution in [0.1, 0.15) is 135 Å². The van der Waals surface area contributed by atoms with E-state index in [-0.39, 0.29) is 34.4 Å². The maximum absolute atomic E-state index is 11.9. The predicted octanol–water partition coefficient (Wildman–Crippen LogP) is 21.8. The smallest absolute Gasteiger partial charge is 0.338 e. The molecule has 0 atom stereocenters. The molecular weight excluding hydrogens is 1840 g/mol. The van der Waals surface area contributed by atoms with Crippen LogP contribution >= 0.6 is 0 Å². The first-order chi connectivity index (χ1) is 69.9. The second-order valence-electron chi connectivity index (χ2n) is 32.2. The number of pyridine rings is 1. The van der Waals surface area contributed by atoms with Crippen molar-refractivity contribution in [2.75, 3.05) is 171 Å². The Labute approximate surface area is 858 Å². The lowest BCUT2D eigenvalue weighted by atomic mass is 10.1. The van der Waals surface area contributed by atoms with Gasteiger partial charge in [0.15, 0.2) is 11.6 Å². The number of carbonyl (C=O) groups excluding carboxylic acids is 5. The molecule has 0 aliphatic carbocycles. The predicted molar refractivity (Wildman–Crippen MR) is 600 cm³/mol. The van der Waals surface area contributed by atoms with Gasteiger partial charge in [0.1, 0.15) is 17.9 Å². The van der Waals surface area contributed by atoms with Crippen LogP contribution in [0.15, 0.2) is 315 Å². The average Bonchev–Trinajstić information content (AvgIpc) is 1.24. The number of amides is 2. The third kappa shape index (κ3) is 43.0. The number of nitrogens with zero attached hydrogens (tertiary/aromatic N) is 8. The number of esters is 2. The molecule has 30 heteroatoms. The van der Waals surface area contributed by atoms with Gasteiger partial charge in [0, 0.05) is 215 Å². The Hall–Kier alpha value is -16.2. The number of ether oxygens (including phenoxy) is 3. The summed E-state index contributed by atoms with van der Waals surface area (Å²) in [5.41, 5.74) is 24.1. The molecule has 1 fully saturated rings. The summed E-state index contributed by atoms with van der Waals surface area (Å²) < 4.78 is 42.2. The first-order valence-electron chi connectivity index (χ1n) is 47.8. The van der Waals surface area contributed by atoms with E-state index < -0.39 is 10.0 Å². The molecule has 0 radical (unpaired) electrons. The first-order valence-corrected chi connectivity index (χ1v) is 49.3. The average molecular weight is 1990 g/mol. The van der Waals surface area contributed by atoms with Crippen LogP contribution in [-0.4, -0.2) is 191 Å². The van der Waals surface area contributed by atoms with Crippen molar-refractivity contribution < 1.29 is 46.6 Å². The molecule has 0 unspecified atom stereocenters. The fraction of sp³-hybridized carbons (Fsp3) is 0.270. The van der Waals surface area contributed by atoms with Crippen LogP contribution in [0.5, 0.6) is 5.75 Å². The van der Waals surface area contributed by atoms with Gasteiger partial charge in [-0.15, -0.1) is 0 Å². The number of carbonyl (C=O) groups is 5. The maximum atomic E-state index is 11.9. The number of sulfonamides is 1. The van der Waals surface area contributed by atoms with E-state index in [9.17, 15) is 32.4 Å². The molecular formula is C115H147N19O10S. The summed E-state index contributed by atoms with van der Waals surface area (Å²) in [4.78, 5) is 77.1. The van der Waals surface area contributed by atoms with E-state index in [1.807, 2.05) is 321 Å². The molecule has 1 aliphatic rings. The van der Waals surface area contributed by atoms with Crippen LogP contribution in [0.3, 0.4) is 0 Å².